The molecule has 0 radical (unpaired) electrons. The summed E-state index contributed by atoms with van der Waals surface area (Å²) in [5, 5.41) is 0. The van der Waals surface area contributed by atoms with E-state index in [0.29, 0.717) is 5.92 Å². The number of aryl methyl sites for hydroxylation is 3. The Labute approximate surface area is 187 Å². The quantitative estimate of drug-likeness (QED) is 0.320. The molecule has 1 heteroatoms. The number of nitrogens with zero attached hydrogens (tertiary/aromatic N) is 1. The Morgan fingerprint density at radius 1 is 0.548 bits per heavy atom. The Morgan fingerprint density at radius 3 is 1.58 bits per heavy atom. The summed E-state index contributed by atoms with van der Waals surface area (Å²) in [6.45, 7) is 11.0. The zero-order valence-electron chi connectivity index (χ0n) is 19.2. The van der Waals surface area contributed by atoms with Crippen LogP contribution in [0, 0.1) is 20.8 Å². The Morgan fingerprint density at radius 2 is 1.06 bits per heavy atom. The molecule has 0 unspecified atom stereocenters. The number of hydrogen-bond donors (Lipinski definition) is 0. The van der Waals surface area contributed by atoms with Crippen molar-refractivity contribution in [1.82, 2.24) is 0 Å². The zero-order valence-corrected chi connectivity index (χ0v) is 19.2. The second-order valence-corrected chi connectivity index (χ2v) is 8.75. The van der Waals surface area contributed by atoms with Gasteiger partial charge in [0, 0.05) is 17.1 Å². The topological polar surface area (TPSA) is 3.24 Å². The second-order valence-electron chi connectivity index (χ2n) is 8.75. The van der Waals surface area contributed by atoms with Crippen LogP contribution in [0.3, 0.4) is 0 Å². The van der Waals surface area contributed by atoms with E-state index >= 15 is 0 Å². The zero-order chi connectivity index (χ0) is 22.0. The highest BCUT2D eigenvalue weighted by atomic mass is 15.1. The predicted molar refractivity (Wildman–Crippen MR) is 135 cm³/mol. The van der Waals surface area contributed by atoms with Crippen molar-refractivity contribution in [3.63, 3.8) is 0 Å². The molecule has 0 spiro atoms. The largest absolute Gasteiger partial charge is 0.310 e. The normalized spacial score (nSPS) is 11.0. The molecule has 0 N–H and O–H groups in total. The summed E-state index contributed by atoms with van der Waals surface area (Å²) in [6.07, 6.45) is 0. The molecule has 1 nitrogen and oxygen atoms in total. The summed E-state index contributed by atoms with van der Waals surface area (Å²) in [6, 6.07) is 33.1. The van der Waals surface area contributed by atoms with Gasteiger partial charge in [-0.3, -0.25) is 0 Å². The third-order valence-electron chi connectivity index (χ3n) is 5.93. The second kappa shape index (κ2) is 8.81. The highest BCUT2D eigenvalue weighted by Crippen LogP contribution is 2.38. The molecule has 0 amide bonds. The van der Waals surface area contributed by atoms with E-state index in [9.17, 15) is 0 Å². The van der Waals surface area contributed by atoms with Crippen LogP contribution in [-0.2, 0) is 0 Å². The summed E-state index contributed by atoms with van der Waals surface area (Å²) in [7, 11) is 0. The van der Waals surface area contributed by atoms with E-state index in [0.717, 1.165) is 0 Å². The van der Waals surface area contributed by atoms with E-state index in [1.165, 1.54) is 50.4 Å². The monoisotopic (exact) mass is 405 g/mol. The Hall–Kier alpha value is -3.32. The highest BCUT2D eigenvalue weighted by molar-refractivity contribution is 5.80. The fraction of sp³-hybridized carbons (Fsp3) is 0.200. The van der Waals surface area contributed by atoms with Gasteiger partial charge in [0.2, 0.25) is 0 Å². The molecular weight excluding hydrogens is 374 g/mol. The first-order valence-electron chi connectivity index (χ1n) is 11.1. The van der Waals surface area contributed by atoms with Crippen LogP contribution in [0.2, 0.25) is 0 Å². The van der Waals surface area contributed by atoms with E-state index in [4.69, 9.17) is 0 Å². The van der Waals surface area contributed by atoms with Gasteiger partial charge in [-0.15, -0.1) is 0 Å². The number of rotatable bonds is 5. The van der Waals surface area contributed by atoms with Crippen molar-refractivity contribution in [3.8, 4) is 11.1 Å². The highest BCUT2D eigenvalue weighted by Gasteiger charge is 2.15. The smallest absolute Gasteiger partial charge is 0.0464 e. The Bertz CT molecular complexity index is 1120. The molecule has 0 saturated heterocycles. The van der Waals surface area contributed by atoms with Crippen molar-refractivity contribution in [3.05, 3.63) is 113 Å². The molecule has 0 aliphatic heterocycles. The van der Waals surface area contributed by atoms with E-state index in [2.05, 4.69) is 131 Å². The lowest BCUT2D eigenvalue weighted by atomic mass is 9.90. The molecule has 0 aliphatic carbocycles. The minimum absolute atomic E-state index is 0.492. The molecule has 0 aromatic heterocycles. The maximum absolute atomic E-state index is 2.34. The number of anilines is 3. The fourth-order valence-electron chi connectivity index (χ4n) is 4.17. The van der Waals surface area contributed by atoms with Crippen LogP contribution < -0.4 is 4.90 Å². The van der Waals surface area contributed by atoms with Crippen LogP contribution in [0.4, 0.5) is 17.1 Å². The lowest BCUT2D eigenvalue weighted by molar-refractivity contribution is 0.869. The van der Waals surface area contributed by atoms with Crippen molar-refractivity contribution in [2.75, 3.05) is 4.90 Å². The van der Waals surface area contributed by atoms with E-state index < -0.39 is 0 Å². The van der Waals surface area contributed by atoms with Crippen molar-refractivity contribution < 1.29 is 0 Å². The summed E-state index contributed by atoms with van der Waals surface area (Å²) < 4.78 is 0. The maximum atomic E-state index is 2.34. The van der Waals surface area contributed by atoms with E-state index in [1.807, 2.05) is 0 Å². The molecule has 4 aromatic carbocycles. The molecular formula is C30H31N. The van der Waals surface area contributed by atoms with Crippen LogP contribution in [0.25, 0.3) is 11.1 Å². The molecule has 0 aliphatic rings. The molecule has 4 aromatic rings. The first-order valence-corrected chi connectivity index (χ1v) is 11.1. The average Bonchev–Trinajstić information content (AvgIpc) is 2.77. The summed E-state index contributed by atoms with van der Waals surface area (Å²) in [5.41, 5.74) is 11.4. The molecule has 0 fully saturated rings. The molecule has 0 saturated carbocycles. The van der Waals surface area contributed by atoms with Gasteiger partial charge in [0.15, 0.2) is 0 Å². The van der Waals surface area contributed by atoms with Gasteiger partial charge in [-0.25, -0.2) is 0 Å². The van der Waals surface area contributed by atoms with Crippen molar-refractivity contribution >= 4 is 17.1 Å². The van der Waals surface area contributed by atoms with Gasteiger partial charge in [0.05, 0.1) is 0 Å². The van der Waals surface area contributed by atoms with Gasteiger partial charge in [0.1, 0.15) is 0 Å². The SMILES string of the molecule is Cc1ccc(N(c2ccc(C)cc2)c2ccc(-c3ccccc3C(C)C)c(C)c2)cc1. The lowest BCUT2D eigenvalue weighted by Crippen LogP contribution is -2.10. The van der Waals surface area contributed by atoms with Gasteiger partial charge in [-0.2, -0.15) is 0 Å². The van der Waals surface area contributed by atoms with Crippen molar-refractivity contribution in [2.24, 2.45) is 0 Å². The Balaban J connectivity index is 1.82. The molecule has 0 atom stereocenters. The van der Waals surface area contributed by atoms with Crippen LogP contribution in [0.5, 0.6) is 0 Å². The minimum atomic E-state index is 0.492. The first kappa shape index (κ1) is 20.9. The number of hydrogen-bond acceptors (Lipinski definition) is 1. The molecule has 0 heterocycles. The minimum Gasteiger partial charge on any atom is -0.310 e. The van der Waals surface area contributed by atoms with Crippen molar-refractivity contribution in [2.45, 2.75) is 40.5 Å². The lowest BCUT2D eigenvalue weighted by Gasteiger charge is -2.27. The van der Waals surface area contributed by atoms with Gasteiger partial charge in [-0.05, 0) is 85.3 Å². The molecule has 156 valence electrons. The number of benzene rings is 4. The van der Waals surface area contributed by atoms with Crippen LogP contribution in [0.15, 0.2) is 91.0 Å². The third kappa shape index (κ3) is 4.41. The van der Waals surface area contributed by atoms with Gasteiger partial charge in [0.25, 0.3) is 0 Å². The van der Waals surface area contributed by atoms with Gasteiger partial charge >= 0.3 is 0 Å². The van der Waals surface area contributed by atoms with E-state index in [1.54, 1.807) is 0 Å². The van der Waals surface area contributed by atoms with Gasteiger partial charge in [-0.1, -0.05) is 79.6 Å². The van der Waals surface area contributed by atoms with Crippen LogP contribution in [-0.4, -0.2) is 0 Å². The maximum Gasteiger partial charge on any atom is 0.0464 e. The van der Waals surface area contributed by atoms with Crippen LogP contribution in [0.1, 0.15) is 42.0 Å². The summed E-state index contributed by atoms with van der Waals surface area (Å²) >= 11 is 0. The van der Waals surface area contributed by atoms with Crippen LogP contribution >= 0.6 is 0 Å². The average molecular weight is 406 g/mol. The molecule has 4 rings (SSSR count). The predicted octanol–water partition coefficient (Wildman–Crippen LogP) is 8.87. The standard InChI is InChI=1S/C30H31N/c1-21(2)28-8-6-7-9-30(28)29-19-18-27(20-24(29)5)31(25-14-10-22(3)11-15-25)26-16-12-23(4)13-17-26/h6-21H,1-5H3. The summed E-state index contributed by atoms with van der Waals surface area (Å²) in [4.78, 5) is 2.34. The summed E-state index contributed by atoms with van der Waals surface area (Å²) in [5.74, 6) is 0.492. The van der Waals surface area contributed by atoms with E-state index in [-0.39, 0.29) is 0 Å². The fourth-order valence-corrected chi connectivity index (χ4v) is 4.17. The molecule has 0 bridgehead atoms. The van der Waals surface area contributed by atoms with Crippen molar-refractivity contribution in [1.29, 1.82) is 0 Å². The van der Waals surface area contributed by atoms with Gasteiger partial charge < -0.3 is 4.90 Å². The first-order chi connectivity index (χ1) is 14.9. The third-order valence-corrected chi connectivity index (χ3v) is 5.93. The Kier molecular flexibility index (Phi) is 5.95. The molecule has 31 heavy (non-hydrogen) atoms.